The van der Waals surface area contributed by atoms with Crippen LogP contribution in [0.15, 0.2) is 42.6 Å². The van der Waals surface area contributed by atoms with Gasteiger partial charge in [-0.25, -0.2) is 0 Å². The summed E-state index contributed by atoms with van der Waals surface area (Å²) >= 11 is 0. The molecule has 0 spiro atoms. The van der Waals surface area contributed by atoms with Crippen LogP contribution in [0.25, 0.3) is 0 Å². The van der Waals surface area contributed by atoms with Crippen molar-refractivity contribution in [1.82, 2.24) is 4.98 Å². The molecular weight excluding hydrogens is 416 g/mol. The van der Waals surface area contributed by atoms with E-state index in [1.807, 2.05) is 0 Å². The molecule has 30 heavy (non-hydrogen) atoms. The lowest BCUT2D eigenvalue weighted by molar-refractivity contribution is -0.139. The number of aromatic nitrogens is 1. The molecule has 2 rings (SSSR count). The van der Waals surface area contributed by atoms with Crippen LogP contribution in [-0.2, 0) is 11.0 Å². The molecule has 10 heteroatoms. The zero-order valence-corrected chi connectivity index (χ0v) is 15.9. The summed E-state index contributed by atoms with van der Waals surface area (Å²) in [5, 5.41) is 0. The summed E-state index contributed by atoms with van der Waals surface area (Å²) < 4.78 is 87.4. The van der Waals surface area contributed by atoms with Gasteiger partial charge in [0.25, 0.3) is 0 Å². The molecule has 1 unspecified atom stereocenters. The van der Waals surface area contributed by atoms with Gasteiger partial charge in [-0.1, -0.05) is 0 Å². The summed E-state index contributed by atoms with van der Waals surface area (Å²) in [5.74, 6) is -1.17. The standard InChI is InChI=1S/C20H19F6NO3/c1-29-15-5-7-16(8-6-15)30-18(28)4-2-3-13(12-19(21,22)23)17-11-14(9-10-27-17)20(24,25)26/h5-11,13H,2-4,12H2,1H3. The monoisotopic (exact) mass is 435 g/mol. The van der Waals surface area contributed by atoms with Gasteiger partial charge in [-0.2, -0.15) is 26.3 Å². The third-order valence-electron chi connectivity index (χ3n) is 4.23. The highest BCUT2D eigenvalue weighted by Gasteiger charge is 2.35. The zero-order chi connectivity index (χ0) is 22.4. The Bertz CT molecular complexity index is 834. The van der Waals surface area contributed by atoms with E-state index < -0.39 is 36.2 Å². The molecule has 1 aromatic carbocycles. The van der Waals surface area contributed by atoms with Crippen molar-refractivity contribution in [3.8, 4) is 11.5 Å². The molecule has 0 aliphatic rings. The molecule has 0 saturated carbocycles. The third kappa shape index (κ3) is 7.57. The number of ether oxygens (including phenoxy) is 2. The fourth-order valence-corrected chi connectivity index (χ4v) is 2.80. The highest BCUT2D eigenvalue weighted by Crippen LogP contribution is 2.36. The summed E-state index contributed by atoms with van der Waals surface area (Å²) in [6.07, 6.45) is -10.2. The molecule has 2 aromatic rings. The summed E-state index contributed by atoms with van der Waals surface area (Å²) in [4.78, 5) is 15.6. The molecule has 0 aliphatic heterocycles. The van der Waals surface area contributed by atoms with E-state index in [0.29, 0.717) is 17.9 Å². The van der Waals surface area contributed by atoms with Crippen LogP contribution in [-0.4, -0.2) is 24.2 Å². The van der Waals surface area contributed by atoms with Crippen LogP contribution in [0.5, 0.6) is 11.5 Å². The minimum Gasteiger partial charge on any atom is -0.497 e. The van der Waals surface area contributed by atoms with Crippen LogP contribution in [0.4, 0.5) is 26.3 Å². The molecule has 0 fully saturated rings. The quantitative estimate of drug-likeness (QED) is 0.293. The number of alkyl halides is 6. The van der Waals surface area contributed by atoms with Crippen molar-refractivity contribution in [2.24, 2.45) is 0 Å². The zero-order valence-electron chi connectivity index (χ0n) is 15.9. The van der Waals surface area contributed by atoms with Crippen molar-refractivity contribution in [3.63, 3.8) is 0 Å². The summed E-state index contributed by atoms with van der Waals surface area (Å²) in [5.41, 5.74) is -1.38. The minimum atomic E-state index is -4.69. The van der Waals surface area contributed by atoms with Crippen LogP contribution >= 0.6 is 0 Å². The van der Waals surface area contributed by atoms with Gasteiger partial charge in [0.2, 0.25) is 0 Å². The summed E-state index contributed by atoms with van der Waals surface area (Å²) in [7, 11) is 1.47. The van der Waals surface area contributed by atoms with Crippen LogP contribution < -0.4 is 9.47 Å². The molecule has 0 amide bonds. The van der Waals surface area contributed by atoms with Crippen LogP contribution in [0.1, 0.15) is 42.9 Å². The topological polar surface area (TPSA) is 48.4 Å². The van der Waals surface area contributed by atoms with Crippen molar-refractivity contribution >= 4 is 5.97 Å². The lowest BCUT2D eigenvalue weighted by Gasteiger charge is -2.19. The van der Waals surface area contributed by atoms with E-state index in [1.54, 1.807) is 12.1 Å². The van der Waals surface area contributed by atoms with Gasteiger partial charge in [0, 0.05) is 24.2 Å². The first-order valence-corrected chi connectivity index (χ1v) is 8.92. The first-order valence-electron chi connectivity index (χ1n) is 8.92. The van der Waals surface area contributed by atoms with Crippen LogP contribution in [0.3, 0.4) is 0 Å². The molecule has 164 valence electrons. The first-order chi connectivity index (χ1) is 14.0. The number of pyridine rings is 1. The van der Waals surface area contributed by atoms with Gasteiger partial charge in [-0.15, -0.1) is 0 Å². The van der Waals surface area contributed by atoms with Gasteiger partial charge in [0.15, 0.2) is 0 Å². The number of carbonyl (C=O) groups is 1. The Labute approximate surface area is 168 Å². The highest BCUT2D eigenvalue weighted by atomic mass is 19.4. The van der Waals surface area contributed by atoms with Gasteiger partial charge < -0.3 is 9.47 Å². The Kier molecular flexibility index (Phi) is 7.69. The molecular formula is C20H19F6NO3. The van der Waals surface area contributed by atoms with Crippen LogP contribution in [0.2, 0.25) is 0 Å². The molecule has 0 aliphatic carbocycles. The third-order valence-corrected chi connectivity index (χ3v) is 4.23. The van der Waals surface area contributed by atoms with Crippen LogP contribution in [0, 0.1) is 0 Å². The second kappa shape index (κ2) is 9.82. The fourth-order valence-electron chi connectivity index (χ4n) is 2.80. The average Bonchev–Trinajstić information content (AvgIpc) is 2.66. The van der Waals surface area contributed by atoms with E-state index in [0.717, 1.165) is 6.20 Å². The number of carbonyl (C=O) groups excluding carboxylic acids is 1. The number of esters is 1. The first kappa shape index (κ1) is 23.5. The van der Waals surface area contributed by atoms with E-state index in [2.05, 4.69) is 4.98 Å². The molecule has 0 radical (unpaired) electrons. The second-order valence-corrected chi connectivity index (χ2v) is 6.53. The number of rotatable bonds is 8. The average molecular weight is 435 g/mol. The van der Waals surface area contributed by atoms with Gasteiger partial charge in [0.1, 0.15) is 11.5 Å². The maximum absolute atomic E-state index is 12.9. The fraction of sp³-hybridized carbons (Fsp3) is 0.400. The largest absolute Gasteiger partial charge is 0.497 e. The maximum atomic E-state index is 12.9. The lowest BCUT2D eigenvalue weighted by Crippen LogP contribution is -2.17. The number of hydrogen-bond donors (Lipinski definition) is 0. The maximum Gasteiger partial charge on any atom is 0.416 e. The molecule has 1 aromatic heterocycles. The molecule has 1 atom stereocenters. The van der Waals surface area contributed by atoms with Crippen molar-refractivity contribution in [2.45, 2.75) is 44.0 Å². The van der Waals surface area contributed by atoms with Crippen molar-refractivity contribution < 1.29 is 40.6 Å². The number of hydrogen-bond acceptors (Lipinski definition) is 4. The van der Waals surface area contributed by atoms with E-state index in [9.17, 15) is 31.1 Å². The summed E-state index contributed by atoms with van der Waals surface area (Å²) in [6, 6.07) is 7.44. The Balaban J connectivity index is 2.00. The Hall–Kier alpha value is -2.78. The molecule has 4 nitrogen and oxygen atoms in total. The molecule has 0 saturated heterocycles. The molecule has 0 N–H and O–H groups in total. The second-order valence-electron chi connectivity index (χ2n) is 6.53. The molecule has 0 bridgehead atoms. The lowest BCUT2D eigenvalue weighted by atomic mass is 9.93. The number of halogens is 6. The van der Waals surface area contributed by atoms with Crippen molar-refractivity contribution in [2.75, 3.05) is 7.11 Å². The van der Waals surface area contributed by atoms with Gasteiger partial charge in [0.05, 0.1) is 19.1 Å². The SMILES string of the molecule is COc1ccc(OC(=O)CCCC(CC(F)(F)F)c2cc(C(F)(F)F)ccn2)cc1. The number of nitrogens with zero attached hydrogens (tertiary/aromatic N) is 1. The number of methoxy groups -OCH3 is 1. The van der Waals surface area contributed by atoms with Gasteiger partial charge in [-0.3, -0.25) is 9.78 Å². The Morgan fingerprint density at radius 1 is 1.03 bits per heavy atom. The van der Waals surface area contributed by atoms with Gasteiger partial charge in [-0.05, 0) is 49.2 Å². The van der Waals surface area contributed by atoms with Crippen molar-refractivity contribution in [3.05, 3.63) is 53.9 Å². The van der Waals surface area contributed by atoms with Gasteiger partial charge >= 0.3 is 18.3 Å². The minimum absolute atomic E-state index is 0.00629. The normalized spacial score (nSPS) is 13.0. The molecule has 1 heterocycles. The highest BCUT2D eigenvalue weighted by molar-refractivity contribution is 5.72. The predicted octanol–water partition coefficient (Wildman–Crippen LogP) is 5.92. The summed E-state index contributed by atoms with van der Waals surface area (Å²) in [6.45, 7) is 0. The van der Waals surface area contributed by atoms with Crippen molar-refractivity contribution in [1.29, 1.82) is 0 Å². The van der Waals surface area contributed by atoms with E-state index in [4.69, 9.17) is 9.47 Å². The van der Waals surface area contributed by atoms with E-state index >= 15 is 0 Å². The Morgan fingerprint density at radius 3 is 2.23 bits per heavy atom. The van der Waals surface area contributed by atoms with E-state index in [1.165, 1.54) is 19.2 Å². The van der Waals surface area contributed by atoms with E-state index in [-0.39, 0.29) is 30.7 Å². The Morgan fingerprint density at radius 2 is 1.67 bits per heavy atom. The number of benzene rings is 1. The predicted molar refractivity (Wildman–Crippen MR) is 95.1 cm³/mol. The smallest absolute Gasteiger partial charge is 0.416 e.